The minimum absolute atomic E-state index is 0.0993. The third kappa shape index (κ3) is 7.03. The number of carbonyl (C=O) groups is 1. The maximum Gasteiger partial charge on any atom is 0.210 e. The molecule has 0 N–H and O–H groups in total. The van der Waals surface area contributed by atoms with Crippen LogP contribution in [-0.4, -0.2) is 41.3 Å². The van der Waals surface area contributed by atoms with Crippen molar-refractivity contribution in [2.45, 2.75) is 65.7 Å². The molecule has 2 aromatic heterocycles. The molecule has 0 unspecified atom stereocenters. The minimum atomic E-state index is -0.0993. The molecule has 2 heterocycles. The number of fused-ring (bicyclic) bond motifs is 1. The number of pyridine rings is 1. The second-order valence-corrected chi connectivity index (χ2v) is 10.3. The molecule has 3 aromatic rings. The van der Waals surface area contributed by atoms with Gasteiger partial charge >= 0.3 is 0 Å². The fourth-order valence-electron chi connectivity index (χ4n) is 4.35. The first kappa shape index (κ1) is 27.6. The van der Waals surface area contributed by atoms with Gasteiger partial charge in [0, 0.05) is 23.8 Å². The van der Waals surface area contributed by atoms with E-state index < -0.39 is 0 Å². The number of hydrogen-bond donors (Lipinski definition) is 0. The second kappa shape index (κ2) is 13.3. The number of carbonyl (C=O) groups excluding carboxylic acids is 1. The van der Waals surface area contributed by atoms with Crippen molar-refractivity contribution >= 4 is 34.5 Å². The van der Waals surface area contributed by atoms with Crippen molar-refractivity contribution < 1.29 is 9.53 Å². The van der Waals surface area contributed by atoms with Crippen LogP contribution >= 0.6 is 23.2 Å². The number of benzene rings is 1. The maximum atomic E-state index is 13.6. The third-order valence-electron chi connectivity index (χ3n) is 6.33. The summed E-state index contributed by atoms with van der Waals surface area (Å²) in [5.74, 6) is 0.553. The van der Waals surface area contributed by atoms with E-state index in [1.165, 1.54) is 25.7 Å². The fraction of sp³-hybridized carbons (Fsp3) is 0.483. The Bertz CT molecular complexity index is 1090. The SMILES string of the molecule is CCCCN(CCCC)CCCOc1c(Cl)cc(C(=O)c2c(C(C)C)cc3ccccn23)cc1Cl. The number of halogens is 2. The predicted octanol–water partition coefficient (Wildman–Crippen LogP) is 8.27. The van der Waals surface area contributed by atoms with E-state index in [4.69, 9.17) is 27.9 Å². The van der Waals surface area contributed by atoms with Crippen molar-refractivity contribution in [3.05, 3.63) is 69.5 Å². The molecule has 0 saturated carbocycles. The molecule has 0 radical (unpaired) electrons. The molecule has 0 atom stereocenters. The van der Waals surface area contributed by atoms with Gasteiger partial charge in [0.1, 0.15) is 0 Å². The lowest BCUT2D eigenvalue weighted by Gasteiger charge is -2.22. The van der Waals surface area contributed by atoms with E-state index in [0.717, 1.165) is 37.1 Å². The monoisotopic (exact) mass is 516 g/mol. The highest BCUT2D eigenvalue weighted by atomic mass is 35.5. The van der Waals surface area contributed by atoms with E-state index in [1.807, 2.05) is 28.8 Å². The van der Waals surface area contributed by atoms with Gasteiger partial charge in [0.2, 0.25) is 5.78 Å². The molecule has 3 rings (SSSR count). The van der Waals surface area contributed by atoms with Crippen molar-refractivity contribution in [2.24, 2.45) is 0 Å². The Hall–Kier alpha value is -2.01. The number of unbranched alkanes of at least 4 members (excludes halogenated alkanes) is 2. The van der Waals surface area contributed by atoms with Gasteiger partial charge in [0.25, 0.3) is 0 Å². The van der Waals surface area contributed by atoms with Crippen molar-refractivity contribution in [3.8, 4) is 5.75 Å². The summed E-state index contributed by atoms with van der Waals surface area (Å²) in [6.07, 6.45) is 7.65. The smallest absolute Gasteiger partial charge is 0.210 e. The van der Waals surface area contributed by atoms with Gasteiger partial charge < -0.3 is 14.0 Å². The summed E-state index contributed by atoms with van der Waals surface area (Å²) in [5, 5.41) is 0.725. The number of hydrogen-bond acceptors (Lipinski definition) is 3. The van der Waals surface area contributed by atoms with Crippen molar-refractivity contribution in [3.63, 3.8) is 0 Å². The van der Waals surface area contributed by atoms with Crippen LogP contribution in [-0.2, 0) is 0 Å². The van der Waals surface area contributed by atoms with Gasteiger partial charge in [-0.1, -0.05) is 69.8 Å². The van der Waals surface area contributed by atoms with Crippen molar-refractivity contribution in [1.29, 1.82) is 0 Å². The first-order chi connectivity index (χ1) is 16.9. The van der Waals surface area contributed by atoms with Gasteiger partial charge in [-0.25, -0.2) is 0 Å². The van der Waals surface area contributed by atoms with Crippen LogP contribution < -0.4 is 4.74 Å². The number of nitrogens with zero attached hydrogens (tertiary/aromatic N) is 2. The lowest BCUT2D eigenvalue weighted by Crippen LogP contribution is -2.28. The molecule has 0 aliphatic rings. The first-order valence-corrected chi connectivity index (χ1v) is 13.6. The molecule has 0 bridgehead atoms. The van der Waals surface area contributed by atoms with E-state index in [9.17, 15) is 4.79 Å². The summed E-state index contributed by atoms with van der Waals surface area (Å²) in [7, 11) is 0. The highest BCUT2D eigenvalue weighted by molar-refractivity contribution is 6.38. The summed E-state index contributed by atoms with van der Waals surface area (Å²) in [5.41, 5.74) is 3.10. The Morgan fingerprint density at radius 2 is 1.60 bits per heavy atom. The molecule has 6 heteroatoms. The molecular weight excluding hydrogens is 479 g/mol. The van der Waals surface area contributed by atoms with Crippen LogP contribution in [0, 0.1) is 0 Å². The van der Waals surface area contributed by atoms with Crippen molar-refractivity contribution in [1.82, 2.24) is 9.30 Å². The quantitative estimate of drug-likeness (QED) is 0.159. The summed E-state index contributed by atoms with van der Waals surface area (Å²) in [6, 6.07) is 11.3. The molecule has 0 aliphatic carbocycles. The predicted molar refractivity (Wildman–Crippen MR) is 148 cm³/mol. The Morgan fingerprint density at radius 1 is 0.971 bits per heavy atom. The summed E-state index contributed by atoms with van der Waals surface area (Å²) in [4.78, 5) is 16.1. The largest absolute Gasteiger partial charge is 0.490 e. The number of ketones is 1. The Kier molecular flexibility index (Phi) is 10.5. The molecule has 0 spiro atoms. The van der Waals surface area contributed by atoms with Crippen molar-refractivity contribution in [2.75, 3.05) is 26.2 Å². The zero-order valence-electron chi connectivity index (χ0n) is 21.4. The molecule has 0 fully saturated rings. The van der Waals surface area contributed by atoms with Crippen LogP contribution in [0.25, 0.3) is 5.52 Å². The van der Waals surface area contributed by atoms with E-state index in [0.29, 0.717) is 33.7 Å². The number of aromatic nitrogens is 1. The molecule has 4 nitrogen and oxygen atoms in total. The van der Waals surface area contributed by atoms with Crippen LogP contribution in [0.15, 0.2) is 42.6 Å². The van der Waals surface area contributed by atoms with Gasteiger partial charge in [-0.3, -0.25) is 4.79 Å². The zero-order valence-corrected chi connectivity index (χ0v) is 23.0. The van der Waals surface area contributed by atoms with Crippen LogP contribution in [0.1, 0.15) is 87.3 Å². The molecule has 1 aromatic carbocycles. The van der Waals surface area contributed by atoms with Gasteiger partial charge in [-0.2, -0.15) is 0 Å². The van der Waals surface area contributed by atoms with E-state index in [1.54, 1.807) is 12.1 Å². The van der Waals surface area contributed by atoms with Crippen LogP contribution in [0.4, 0.5) is 0 Å². The Labute approximate surface area is 220 Å². The average Bonchev–Trinajstić information content (AvgIpc) is 3.23. The summed E-state index contributed by atoms with van der Waals surface area (Å²) < 4.78 is 7.91. The lowest BCUT2D eigenvalue weighted by molar-refractivity contribution is 0.103. The van der Waals surface area contributed by atoms with E-state index in [-0.39, 0.29) is 11.7 Å². The Balaban J connectivity index is 1.72. The highest BCUT2D eigenvalue weighted by Crippen LogP contribution is 2.36. The highest BCUT2D eigenvalue weighted by Gasteiger charge is 2.23. The van der Waals surface area contributed by atoms with Crippen LogP contribution in [0.2, 0.25) is 10.0 Å². The maximum absolute atomic E-state index is 13.6. The number of ether oxygens (including phenoxy) is 1. The minimum Gasteiger partial charge on any atom is -0.490 e. The Morgan fingerprint density at radius 3 is 2.20 bits per heavy atom. The normalized spacial score (nSPS) is 11.7. The molecule has 190 valence electrons. The van der Waals surface area contributed by atoms with Gasteiger partial charge in [0.05, 0.1) is 22.3 Å². The summed E-state index contributed by atoms with van der Waals surface area (Å²) >= 11 is 13.1. The average molecular weight is 518 g/mol. The van der Waals surface area contributed by atoms with Gasteiger partial charge in [-0.15, -0.1) is 0 Å². The van der Waals surface area contributed by atoms with Gasteiger partial charge in [0.15, 0.2) is 5.75 Å². The third-order valence-corrected chi connectivity index (χ3v) is 6.89. The molecule has 0 aliphatic heterocycles. The molecule has 0 amide bonds. The zero-order chi connectivity index (χ0) is 25.4. The lowest BCUT2D eigenvalue weighted by atomic mass is 9.98. The fourth-order valence-corrected chi connectivity index (χ4v) is 4.95. The molecule has 0 saturated heterocycles. The molecular formula is C29H38Cl2N2O2. The first-order valence-electron chi connectivity index (χ1n) is 12.9. The number of rotatable bonds is 14. The van der Waals surface area contributed by atoms with Crippen LogP contribution in [0.5, 0.6) is 5.75 Å². The molecule has 35 heavy (non-hydrogen) atoms. The van der Waals surface area contributed by atoms with E-state index in [2.05, 4.69) is 38.7 Å². The van der Waals surface area contributed by atoms with E-state index >= 15 is 0 Å². The summed E-state index contributed by atoms with van der Waals surface area (Å²) in [6.45, 7) is 12.4. The topological polar surface area (TPSA) is 34.0 Å². The van der Waals surface area contributed by atoms with Crippen LogP contribution in [0.3, 0.4) is 0 Å². The van der Waals surface area contributed by atoms with Gasteiger partial charge in [-0.05, 0) is 74.2 Å². The second-order valence-electron chi connectivity index (χ2n) is 9.45. The standard InChI is InChI=1S/C29H38Cl2N2O2/c1-5-7-13-32(14-8-6-2)15-11-17-35-29-25(30)18-22(19-26(29)31)28(34)27-24(21(3)4)20-23-12-9-10-16-33(23)27/h9-10,12,16,18-21H,5-8,11,13-15,17H2,1-4H3.